The predicted molar refractivity (Wildman–Crippen MR) is 91.2 cm³/mol. The highest BCUT2D eigenvalue weighted by Gasteiger charge is 2.30. The maximum absolute atomic E-state index is 12.4. The summed E-state index contributed by atoms with van der Waals surface area (Å²) in [5, 5.41) is 3.88. The number of halogens is 3. The number of aromatic nitrogens is 1. The van der Waals surface area contributed by atoms with Gasteiger partial charge >= 0.3 is 6.18 Å². The van der Waals surface area contributed by atoms with Crippen molar-refractivity contribution in [3.63, 3.8) is 0 Å². The summed E-state index contributed by atoms with van der Waals surface area (Å²) in [6.07, 6.45) is 1.46. The lowest BCUT2D eigenvalue weighted by molar-refractivity contribution is -0.137. The van der Waals surface area contributed by atoms with E-state index in [2.05, 4.69) is 15.5 Å². The second kappa shape index (κ2) is 7.63. The van der Waals surface area contributed by atoms with Gasteiger partial charge in [0, 0.05) is 32.2 Å². The van der Waals surface area contributed by atoms with E-state index in [1.807, 2.05) is 49.3 Å². The van der Waals surface area contributed by atoms with E-state index in [0.717, 1.165) is 23.5 Å². The Labute approximate surface area is 138 Å². The second-order valence-corrected chi connectivity index (χ2v) is 5.16. The molecule has 0 radical (unpaired) electrons. The van der Waals surface area contributed by atoms with Gasteiger partial charge in [-0.15, -0.1) is 0 Å². The highest BCUT2D eigenvalue weighted by atomic mass is 19.4. The number of allylic oxidation sites excluding steroid dienone is 1. The zero-order valence-corrected chi connectivity index (χ0v) is 13.2. The van der Waals surface area contributed by atoms with Crippen LogP contribution in [0.1, 0.15) is 11.1 Å². The molecule has 0 bridgehead atoms. The van der Waals surface area contributed by atoms with Crippen LogP contribution in [0.2, 0.25) is 0 Å². The molecule has 0 amide bonds. The van der Waals surface area contributed by atoms with Gasteiger partial charge in [-0.1, -0.05) is 18.2 Å². The predicted octanol–water partition coefficient (Wildman–Crippen LogP) is 4.28. The lowest BCUT2D eigenvalue weighted by Crippen LogP contribution is -2.07. The number of anilines is 2. The number of nitrogens with zero attached hydrogens (tertiary/aromatic N) is 3. The van der Waals surface area contributed by atoms with Crippen molar-refractivity contribution in [3.05, 3.63) is 59.8 Å². The van der Waals surface area contributed by atoms with E-state index < -0.39 is 11.7 Å². The molecule has 0 saturated carbocycles. The molecule has 1 aromatic heterocycles. The second-order valence-electron chi connectivity index (χ2n) is 5.16. The van der Waals surface area contributed by atoms with Crippen molar-refractivity contribution >= 4 is 23.8 Å². The fraction of sp³-hybridized carbons (Fsp3) is 0.176. The van der Waals surface area contributed by atoms with Crippen molar-refractivity contribution in [3.8, 4) is 0 Å². The molecule has 1 N–H and O–H groups in total. The van der Waals surface area contributed by atoms with Crippen molar-refractivity contribution < 1.29 is 13.2 Å². The Kier molecular flexibility index (Phi) is 5.57. The monoisotopic (exact) mass is 334 g/mol. The SMILES string of the molecule is CN(C)c1ccc(/C=C/C=N/Nc2ccc(C(F)(F)F)cn2)cc1. The van der Waals surface area contributed by atoms with E-state index in [4.69, 9.17) is 0 Å². The molecule has 126 valence electrons. The number of hydrogen-bond acceptors (Lipinski definition) is 4. The molecular formula is C17H17F3N4. The number of hydrogen-bond donors (Lipinski definition) is 1. The number of hydrazone groups is 1. The van der Waals surface area contributed by atoms with Crippen LogP contribution in [-0.2, 0) is 6.18 Å². The molecule has 2 aromatic rings. The largest absolute Gasteiger partial charge is 0.417 e. The molecule has 24 heavy (non-hydrogen) atoms. The van der Waals surface area contributed by atoms with Crippen LogP contribution >= 0.6 is 0 Å². The van der Waals surface area contributed by atoms with Gasteiger partial charge in [0.1, 0.15) is 5.82 Å². The Morgan fingerprint density at radius 2 is 1.79 bits per heavy atom. The molecule has 1 heterocycles. The summed E-state index contributed by atoms with van der Waals surface area (Å²) in [6, 6.07) is 10.1. The number of alkyl halides is 3. The lowest BCUT2D eigenvalue weighted by atomic mass is 10.2. The first-order chi connectivity index (χ1) is 11.4. The summed E-state index contributed by atoms with van der Waals surface area (Å²) < 4.78 is 37.2. The summed E-state index contributed by atoms with van der Waals surface area (Å²) >= 11 is 0. The third kappa shape index (κ3) is 5.12. The molecule has 0 saturated heterocycles. The summed E-state index contributed by atoms with van der Waals surface area (Å²) in [5.41, 5.74) is 3.89. The average molecular weight is 334 g/mol. The molecular weight excluding hydrogens is 317 g/mol. The van der Waals surface area contributed by atoms with Crippen molar-refractivity contribution in [1.82, 2.24) is 4.98 Å². The van der Waals surface area contributed by atoms with Crippen LogP contribution in [0.15, 0.2) is 53.8 Å². The minimum atomic E-state index is -4.39. The molecule has 7 heteroatoms. The van der Waals surface area contributed by atoms with Crippen LogP contribution in [0.5, 0.6) is 0 Å². The molecule has 0 aliphatic heterocycles. The van der Waals surface area contributed by atoms with Gasteiger partial charge in [0.05, 0.1) is 5.56 Å². The summed E-state index contributed by atoms with van der Waals surface area (Å²) in [4.78, 5) is 5.66. The third-order valence-corrected chi connectivity index (χ3v) is 3.13. The van der Waals surface area contributed by atoms with Gasteiger partial charge in [-0.05, 0) is 35.9 Å². The minimum absolute atomic E-state index is 0.239. The molecule has 0 spiro atoms. The number of benzene rings is 1. The summed E-state index contributed by atoms with van der Waals surface area (Å²) in [7, 11) is 3.94. The Morgan fingerprint density at radius 1 is 1.08 bits per heavy atom. The Balaban J connectivity index is 1.88. The van der Waals surface area contributed by atoms with Crippen LogP contribution in [0.25, 0.3) is 6.08 Å². The van der Waals surface area contributed by atoms with Gasteiger partial charge in [0.15, 0.2) is 0 Å². The van der Waals surface area contributed by atoms with Crippen LogP contribution in [0, 0.1) is 0 Å². The maximum Gasteiger partial charge on any atom is 0.417 e. The Bertz CT molecular complexity index is 702. The van der Waals surface area contributed by atoms with Crippen molar-refractivity contribution in [2.45, 2.75) is 6.18 Å². The van der Waals surface area contributed by atoms with E-state index in [1.54, 1.807) is 6.08 Å². The lowest BCUT2D eigenvalue weighted by Gasteiger charge is -2.11. The van der Waals surface area contributed by atoms with E-state index in [1.165, 1.54) is 12.3 Å². The zero-order valence-electron chi connectivity index (χ0n) is 13.2. The smallest absolute Gasteiger partial charge is 0.378 e. The summed E-state index contributed by atoms with van der Waals surface area (Å²) in [5.74, 6) is 0.239. The maximum atomic E-state index is 12.4. The first-order valence-corrected chi connectivity index (χ1v) is 7.12. The van der Waals surface area contributed by atoms with Gasteiger partial charge in [0.2, 0.25) is 0 Å². The van der Waals surface area contributed by atoms with Gasteiger partial charge in [-0.3, -0.25) is 5.43 Å². The van der Waals surface area contributed by atoms with Gasteiger partial charge in [-0.2, -0.15) is 18.3 Å². The molecule has 0 unspecified atom stereocenters. The average Bonchev–Trinajstić information content (AvgIpc) is 2.54. The summed E-state index contributed by atoms with van der Waals surface area (Å²) in [6.45, 7) is 0. The quantitative estimate of drug-likeness (QED) is 0.655. The normalized spacial score (nSPS) is 12.0. The van der Waals surface area contributed by atoms with Crippen LogP contribution in [0.3, 0.4) is 0 Å². The molecule has 4 nitrogen and oxygen atoms in total. The number of rotatable bonds is 5. The zero-order chi connectivity index (χ0) is 17.6. The van der Waals surface area contributed by atoms with E-state index in [9.17, 15) is 13.2 Å². The van der Waals surface area contributed by atoms with Crippen molar-refractivity contribution in [2.75, 3.05) is 24.4 Å². The highest BCUT2D eigenvalue weighted by Crippen LogP contribution is 2.28. The standard InChI is InChI=1S/C17H17F3N4/c1-24(2)15-8-5-13(6-9-15)4-3-11-22-23-16-10-7-14(12-21-16)17(18,19)20/h3-12H,1-2H3,(H,21,23)/b4-3+,22-11+. The van der Waals surface area contributed by atoms with Crippen molar-refractivity contribution in [2.24, 2.45) is 5.10 Å². The van der Waals surface area contributed by atoms with E-state index >= 15 is 0 Å². The van der Waals surface area contributed by atoms with Crippen LogP contribution in [0.4, 0.5) is 24.7 Å². The molecule has 0 aliphatic rings. The number of pyridine rings is 1. The Morgan fingerprint density at radius 3 is 2.33 bits per heavy atom. The van der Waals surface area contributed by atoms with Crippen LogP contribution in [-0.4, -0.2) is 25.3 Å². The molecule has 2 rings (SSSR count). The third-order valence-electron chi connectivity index (χ3n) is 3.13. The van der Waals surface area contributed by atoms with Gasteiger partial charge in [-0.25, -0.2) is 4.98 Å². The first-order valence-electron chi connectivity index (χ1n) is 7.12. The molecule has 0 fully saturated rings. The van der Waals surface area contributed by atoms with Crippen molar-refractivity contribution in [1.29, 1.82) is 0 Å². The molecule has 0 atom stereocenters. The topological polar surface area (TPSA) is 40.5 Å². The van der Waals surface area contributed by atoms with E-state index in [0.29, 0.717) is 0 Å². The van der Waals surface area contributed by atoms with Crippen LogP contribution < -0.4 is 10.3 Å². The Hall–Kier alpha value is -2.83. The fourth-order valence-electron chi connectivity index (χ4n) is 1.81. The first kappa shape index (κ1) is 17.5. The van der Waals surface area contributed by atoms with Gasteiger partial charge < -0.3 is 4.90 Å². The van der Waals surface area contributed by atoms with Gasteiger partial charge in [0.25, 0.3) is 0 Å². The van der Waals surface area contributed by atoms with E-state index in [-0.39, 0.29) is 5.82 Å². The number of nitrogens with one attached hydrogen (secondary N) is 1. The fourth-order valence-corrected chi connectivity index (χ4v) is 1.81. The highest BCUT2D eigenvalue weighted by molar-refractivity contribution is 5.78. The molecule has 1 aromatic carbocycles. The minimum Gasteiger partial charge on any atom is -0.378 e. The molecule has 0 aliphatic carbocycles.